The summed E-state index contributed by atoms with van der Waals surface area (Å²) < 4.78 is 0. The Morgan fingerprint density at radius 1 is 0.885 bits per heavy atom. The molecule has 4 rings (SSSR count). The lowest BCUT2D eigenvalue weighted by molar-refractivity contribution is 0.490. The van der Waals surface area contributed by atoms with E-state index in [1.807, 2.05) is 39.0 Å². The van der Waals surface area contributed by atoms with Gasteiger partial charge in [-0.25, -0.2) is 29.9 Å². The third-order valence-corrected chi connectivity index (χ3v) is 4.18. The number of nitrogens with one attached hydrogen (secondary N) is 1. The van der Waals surface area contributed by atoms with Crippen LogP contribution >= 0.6 is 0 Å². The van der Waals surface area contributed by atoms with Crippen molar-refractivity contribution < 1.29 is 0 Å². The molecule has 8 heteroatoms. The second-order valence-electron chi connectivity index (χ2n) is 6.50. The largest absolute Gasteiger partial charge is 0.339 e. The fraction of sp³-hybridized carbons (Fsp3) is 0.333. The van der Waals surface area contributed by atoms with Crippen LogP contribution in [0.2, 0.25) is 0 Å². The highest BCUT2D eigenvalue weighted by molar-refractivity contribution is 5.49. The fourth-order valence-corrected chi connectivity index (χ4v) is 2.99. The van der Waals surface area contributed by atoms with Crippen molar-refractivity contribution in [2.45, 2.75) is 26.7 Å². The van der Waals surface area contributed by atoms with Crippen molar-refractivity contribution in [2.75, 3.05) is 23.3 Å². The standard InChI is InChI=1S/C18H20N8/c1-11-7-12(2)23-17(22-11)25-15-8-13(3)21-16(24-15)14-9-26(10-14)18-19-5-4-6-20-18/h4-8,14H,9-10H2,1-3H3,(H,21,22,23,24,25). The normalized spacial score (nSPS) is 14.2. The van der Waals surface area contributed by atoms with Gasteiger partial charge in [0, 0.05) is 48.6 Å². The zero-order valence-electron chi connectivity index (χ0n) is 15.0. The number of rotatable bonds is 4. The van der Waals surface area contributed by atoms with Crippen LogP contribution in [0.1, 0.15) is 28.8 Å². The van der Waals surface area contributed by atoms with Gasteiger partial charge in [0.25, 0.3) is 0 Å². The van der Waals surface area contributed by atoms with Gasteiger partial charge in [-0.1, -0.05) is 0 Å². The summed E-state index contributed by atoms with van der Waals surface area (Å²) in [6.45, 7) is 7.49. The van der Waals surface area contributed by atoms with Crippen LogP contribution in [-0.4, -0.2) is 43.0 Å². The highest BCUT2D eigenvalue weighted by Gasteiger charge is 2.32. The number of nitrogens with zero attached hydrogens (tertiary/aromatic N) is 7. The lowest BCUT2D eigenvalue weighted by Gasteiger charge is -2.38. The third kappa shape index (κ3) is 3.44. The van der Waals surface area contributed by atoms with Crippen molar-refractivity contribution in [2.24, 2.45) is 0 Å². The molecule has 3 aromatic rings. The third-order valence-electron chi connectivity index (χ3n) is 4.18. The smallest absolute Gasteiger partial charge is 0.228 e. The molecule has 0 unspecified atom stereocenters. The first kappa shape index (κ1) is 16.3. The van der Waals surface area contributed by atoms with E-state index < -0.39 is 0 Å². The highest BCUT2D eigenvalue weighted by Crippen LogP contribution is 2.28. The Balaban J connectivity index is 1.50. The molecule has 1 aliphatic rings. The molecule has 0 aliphatic carbocycles. The second-order valence-corrected chi connectivity index (χ2v) is 6.50. The van der Waals surface area contributed by atoms with E-state index in [2.05, 4.69) is 40.1 Å². The van der Waals surface area contributed by atoms with E-state index in [-0.39, 0.29) is 5.92 Å². The van der Waals surface area contributed by atoms with E-state index in [0.717, 1.165) is 41.9 Å². The van der Waals surface area contributed by atoms with Crippen molar-refractivity contribution in [3.05, 3.63) is 53.5 Å². The molecule has 4 heterocycles. The summed E-state index contributed by atoms with van der Waals surface area (Å²) in [5, 5.41) is 3.20. The van der Waals surface area contributed by atoms with Gasteiger partial charge >= 0.3 is 0 Å². The molecule has 8 nitrogen and oxygen atoms in total. The molecule has 0 amide bonds. The summed E-state index contributed by atoms with van der Waals surface area (Å²) in [5.41, 5.74) is 2.75. The zero-order chi connectivity index (χ0) is 18.1. The van der Waals surface area contributed by atoms with E-state index in [1.165, 1.54) is 0 Å². The Morgan fingerprint density at radius 3 is 2.23 bits per heavy atom. The molecule has 0 atom stereocenters. The minimum atomic E-state index is 0.263. The van der Waals surface area contributed by atoms with Gasteiger partial charge in [-0.2, -0.15) is 0 Å². The maximum absolute atomic E-state index is 4.67. The van der Waals surface area contributed by atoms with Gasteiger partial charge < -0.3 is 10.2 Å². The molecule has 0 radical (unpaired) electrons. The quantitative estimate of drug-likeness (QED) is 0.768. The van der Waals surface area contributed by atoms with Crippen LogP contribution in [0.5, 0.6) is 0 Å². The second kappa shape index (κ2) is 6.62. The molecule has 1 N–H and O–H groups in total. The lowest BCUT2D eigenvalue weighted by atomic mass is 9.99. The molecule has 26 heavy (non-hydrogen) atoms. The van der Waals surface area contributed by atoms with Crippen LogP contribution in [0, 0.1) is 20.8 Å². The van der Waals surface area contributed by atoms with Crippen molar-refractivity contribution in [1.82, 2.24) is 29.9 Å². The van der Waals surface area contributed by atoms with Gasteiger partial charge in [0.2, 0.25) is 11.9 Å². The summed E-state index contributed by atoms with van der Waals surface area (Å²) in [7, 11) is 0. The number of anilines is 3. The topological polar surface area (TPSA) is 92.6 Å². The highest BCUT2D eigenvalue weighted by atomic mass is 15.3. The van der Waals surface area contributed by atoms with E-state index in [4.69, 9.17) is 0 Å². The summed E-state index contributed by atoms with van der Waals surface area (Å²) >= 11 is 0. The van der Waals surface area contributed by atoms with E-state index in [0.29, 0.717) is 11.8 Å². The molecular formula is C18H20N8. The molecule has 1 aliphatic heterocycles. The lowest BCUT2D eigenvalue weighted by Crippen LogP contribution is -2.46. The molecule has 0 bridgehead atoms. The van der Waals surface area contributed by atoms with Crippen LogP contribution in [0.25, 0.3) is 0 Å². The average molecular weight is 348 g/mol. The maximum Gasteiger partial charge on any atom is 0.228 e. The number of hydrogen-bond acceptors (Lipinski definition) is 8. The Morgan fingerprint density at radius 2 is 1.54 bits per heavy atom. The predicted octanol–water partition coefficient (Wildman–Crippen LogP) is 2.33. The van der Waals surface area contributed by atoms with Crippen molar-refractivity contribution in [1.29, 1.82) is 0 Å². The maximum atomic E-state index is 4.67. The van der Waals surface area contributed by atoms with Gasteiger partial charge in [0.1, 0.15) is 11.6 Å². The summed E-state index contributed by atoms with van der Waals surface area (Å²) in [5.74, 6) is 3.10. The Kier molecular flexibility index (Phi) is 4.16. The fourth-order valence-electron chi connectivity index (χ4n) is 2.99. The van der Waals surface area contributed by atoms with Gasteiger partial charge in [-0.15, -0.1) is 0 Å². The summed E-state index contributed by atoms with van der Waals surface area (Å²) in [6, 6.07) is 5.66. The van der Waals surface area contributed by atoms with E-state index >= 15 is 0 Å². The minimum Gasteiger partial charge on any atom is -0.339 e. The van der Waals surface area contributed by atoms with Crippen molar-refractivity contribution >= 4 is 17.7 Å². The minimum absolute atomic E-state index is 0.263. The molecule has 1 saturated heterocycles. The predicted molar refractivity (Wildman–Crippen MR) is 98.5 cm³/mol. The van der Waals surface area contributed by atoms with Crippen molar-refractivity contribution in [3.63, 3.8) is 0 Å². The van der Waals surface area contributed by atoms with E-state index in [9.17, 15) is 0 Å². The molecule has 0 saturated carbocycles. The number of hydrogen-bond donors (Lipinski definition) is 1. The first-order valence-electron chi connectivity index (χ1n) is 8.54. The molecule has 0 aromatic carbocycles. The summed E-state index contributed by atoms with van der Waals surface area (Å²) in [4.78, 5) is 28.8. The Hall–Kier alpha value is -3.16. The van der Waals surface area contributed by atoms with Gasteiger partial charge in [-0.05, 0) is 32.9 Å². The zero-order valence-corrected chi connectivity index (χ0v) is 15.0. The summed E-state index contributed by atoms with van der Waals surface area (Å²) in [6.07, 6.45) is 3.51. The first-order valence-corrected chi connectivity index (χ1v) is 8.54. The molecule has 132 valence electrons. The molecule has 3 aromatic heterocycles. The van der Waals surface area contributed by atoms with E-state index in [1.54, 1.807) is 12.4 Å². The number of aryl methyl sites for hydroxylation is 3. The SMILES string of the molecule is Cc1cc(C)nc(Nc2cc(C)nc(C3CN(c4ncccn4)C3)n2)n1. The van der Waals surface area contributed by atoms with Crippen molar-refractivity contribution in [3.8, 4) is 0 Å². The van der Waals surface area contributed by atoms with Crippen LogP contribution in [0.3, 0.4) is 0 Å². The average Bonchev–Trinajstić information content (AvgIpc) is 2.53. The monoisotopic (exact) mass is 348 g/mol. The van der Waals surface area contributed by atoms with Gasteiger partial charge in [0.05, 0.1) is 5.92 Å². The van der Waals surface area contributed by atoms with Gasteiger partial charge in [0.15, 0.2) is 0 Å². The van der Waals surface area contributed by atoms with Crippen LogP contribution in [-0.2, 0) is 0 Å². The van der Waals surface area contributed by atoms with Crippen LogP contribution in [0.15, 0.2) is 30.6 Å². The van der Waals surface area contributed by atoms with Gasteiger partial charge in [-0.3, -0.25) is 0 Å². The number of aromatic nitrogens is 6. The molecule has 0 spiro atoms. The van der Waals surface area contributed by atoms with Crippen LogP contribution < -0.4 is 10.2 Å². The van der Waals surface area contributed by atoms with Crippen LogP contribution in [0.4, 0.5) is 17.7 Å². The Labute approximate surface area is 151 Å². The first-order chi connectivity index (χ1) is 12.6. The molecule has 1 fully saturated rings. The molecular weight excluding hydrogens is 328 g/mol. The Bertz CT molecular complexity index is 901.